The van der Waals surface area contributed by atoms with Gasteiger partial charge in [0.2, 0.25) is 0 Å². The summed E-state index contributed by atoms with van der Waals surface area (Å²) in [6.07, 6.45) is 3.96. The Balaban J connectivity index is 1.40. The maximum Gasteiger partial charge on any atom is 0.117 e. The van der Waals surface area contributed by atoms with Gasteiger partial charge in [-0.3, -0.25) is 4.90 Å². The monoisotopic (exact) mass is 346 g/mol. The van der Waals surface area contributed by atoms with Crippen molar-refractivity contribution in [1.29, 1.82) is 0 Å². The van der Waals surface area contributed by atoms with Gasteiger partial charge in [0.05, 0.1) is 12.8 Å². The number of furan rings is 1. The highest BCUT2D eigenvalue weighted by atomic mass is 16.3. The van der Waals surface area contributed by atoms with Crippen molar-refractivity contribution in [2.24, 2.45) is 0 Å². The van der Waals surface area contributed by atoms with Gasteiger partial charge in [-0.1, -0.05) is 54.6 Å². The van der Waals surface area contributed by atoms with Gasteiger partial charge in [0.15, 0.2) is 0 Å². The topological polar surface area (TPSA) is 28.4 Å². The maximum atomic E-state index is 5.40. The van der Waals surface area contributed by atoms with Gasteiger partial charge >= 0.3 is 0 Å². The molecule has 0 bridgehead atoms. The van der Waals surface area contributed by atoms with Crippen LogP contribution in [-0.2, 0) is 25.9 Å². The van der Waals surface area contributed by atoms with Crippen LogP contribution < -0.4 is 5.32 Å². The fourth-order valence-corrected chi connectivity index (χ4v) is 3.84. The van der Waals surface area contributed by atoms with E-state index in [1.807, 2.05) is 12.1 Å². The summed E-state index contributed by atoms with van der Waals surface area (Å²) in [7, 11) is 0. The lowest BCUT2D eigenvalue weighted by molar-refractivity contribution is 0.170. The largest absolute Gasteiger partial charge is 0.468 e. The molecule has 2 aromatic carbocycles. The zero-order valence-corrected chi connectivity index (χ0v) is 15.1. The molecular formula is C23H26N2O. The maximum absolute atomic E-state index is 5.40. The van der Waals surface area contributed by atoms with Gasteiger partial charge in [0.1, 0.15) is 5.76 Å². The molecule has 3 aromatic rings. The van der Waals surface area contributed by atoms with Crippen LogP contribution in [0, 0.1) is 0 Å². The first-order valence-electron chi connectivity index (χ1n) is 9.46. The minimum atomic E-state index is 0.553. The summed E-state index contributed by atoms with van der Waals surface area (Å²) >= 11 is 0. The summed E-state index contributed by atoms with van der Waals surface area (Å²) in [4.78, 5) is 2.63. The van der Waals surface area contributed by atoms with Crippen LogP contribution in [0.15, 0.2) is 77.4 Å². The Morgan fingerprint density at radius 1 is 0.923 bits per heavy atom. The Morgan fingerprint density at radius 2 is 1.73 bits per heavy atom. The summed E-state index contributed by atoms with van der Waals surface area (Å²) in [5.74, 6) is 0.995. The van der Waals surface area contributed by atoms with Crippen LogP contribution >= 0.6 is 0 Å². The molecule has 2 heterocycles. The average Bonchev–Trinajstić information content (AvgIpc) is 3.20. The zero-order chi connectivity index (χ0) is 17.6. The first-order valence-corrected chi connectivity index (χ1v) is 9.46. The van der Waals surface area contributed by atoms with Gasteiger partial charge in [0.25, 0.3) is 0 Å². The van der Waals surface area contributed by atoms with Crippen LogP contribution in [0.3, 0.4) is 0 Å². The molecule has 4 rings (SSSR count). The van der Waals surface area contributed by atoms with Crippen LogP contribution in [0.4, 0.5) is 0 Å². The normalized spacial score (nSPS) is 17.2. The molecule has 26 heavy (non-hydrogen) atoms. The van der Waals surface area contributed by atoms with E-state index in [9.17, 15) is 0 Å². The molecule has 1 atom stereocenters. The van der Waals surface area contributed by atoms with Gasteiger partial charge in [-0.05, 0) is 41.7 Å². The lowest BCUT2D eigenvalue weighted by Crippen LogP contribution is -2.44. The third-order valence-corrected chi connectivity index (χ3v) is 5.23. The van der Waals surface area contributed by atoms with Crippen molar-refractivity contribution in [3.63, 3.8) is 0 Å². The second-order valence-electron chi connectivity index (χ2n) is 7.04. The first kappa shape index (κ1) is 17.1. The second kappa shape index (κ2) is 8.35. The Bertz CT molecular complexity index is 798. The number of fused-ring (bicyclic) bond motifs is 1. The molecule has 1 aliphatic heterocycles. The number of hydrogen-bond acceptors (Lipinski definition) is 3. The number of nitrogens with one attached hydrogen (secondary N) is 1. The van der Waals surface area contributed by atoms with E-state index in [1.54, 1.807) is 6.26 Å². The van der Waals surface area contributed by atoms with E-state index in [-0.39, 0.29) is 0 Å². The van der Waals surface area contributed by atoms with E-state index in [0.29, 0.717) is 6.04 Å². The minimum absolute atomic E-state index is 0.553. The number of nitrogens with zero attached hydrogens (tertiary/aromatic N) is 1. The van der Waals surface area contributed by atoms with Gasteiger partial charge in [-0.2, -0.15) is 0 Å². The molecule has 3 heteroatoms. The Hall–Kier alpha value is -2.36. The van der Waals surface area contributed by atoms with Gasteiger partial charge in [-0.15, -0.1) is 0 Å². The van der Waals surface area contributed by atoms with E-state index in [1.165, 1.54) is 16.7 Å². The SMILES string of the molecule is c1ccc(CC2Cc3ccccc3CN2CCNCc2ccco2)cc1. The molecule has 0 saturated carbocycles. The quantitative estimate of drug-likeness (QED) is 0.655. The van der Waals surface area contributed by atoms with Crippen LogP contribution in [0.25, 0.3) is 0 Å². The molecule has 0 aliphatic carbocycles. The molecule has 0 amide bonds. The fraction of sp³-hybridized carbons (Fsp3) is 0.304. The fourth-order valence-electron chi connectivity index (χ4n) is 3.84. The molecule has 1 N–H and O–H groups in total. The summed E-state index contributed by atoms with van der Waals surface area (Å²) in [6.45, 7) is 3.84. The van der Waals surface area contributed by atoms with Crippen molar-refractivity contribution >= 4 is 0 Å². The summed E-state index contributed by atoms with van der Waals surface area (Å²) in [5.41, 5.74) is 4.40. The highest BCUT2D eigenvalue weighted by Gasteiger charge is 2.25. The predicted molar refractivity (Wildman–Crippen MR) is 105 cm³/mol. The van der Waals surface area contributed by atoms with E-state index in [4.69, 9.17) is 4.42 Å². The van der Waals surface area contributed by atoms with Crippen LogP contribution in [-0.4, -0.2) is 24.0 Å². The van der Waals surface area contributed by atoms with Crippen LogP contribution in [0.5, 0.6) is 0 Å². The van der Waals surface area contributed by atoms with Crippen molar-refractivity contribution in [1.82, 2.24) is 10.2 Å². The molecule has 3 nitrogen and oxygen atoms in total. The molecule has 1 aromatic heterocycles. The average molecular weight is 346 g/mol. The van der Waals surface area contributed by atoms with Gasteiger partial charge in [-0.25, -0.2) is 0 Å². The minimum Gasteiger partial charge on any atom is -0.468 e. The Labute approximate surface area is 155 Å². The molecular weight excluding hydrogens is 320 g/mol. The van der Waals surface area contributed by atoms with Crippen molar-refractivity contribution < 1.29 is 4.42 Å². The molecule has 0 saturated heterocycles. The summed E-state index contributed by atoms with van der Waals surface area (Å²) in [6, 6.07) is 24.3. The zero-order valence-electron chi connectivity index (χ0n) is 15.1. The molecule has 1 aliphatic rings. The number of benzene rings is 2. The van der Waals surface area contributed by atoms with E-state index in [0.717, 1.165) is 44.8 Å². The second-order valence-corrected chi connectivity index (χ2v) is 7.04. The Morgan fingerprint density at radius 3 is 2.54 bits per heavy atom. The van der Waals surface area contributed by atoms with Crippen molar-refractivity contribution in [3.05, 3.63) is 95.4 Å². The smallest absolute Gasteiger partial charge is 0.117 e. The highest BCUT2D eigenvalue weighted by Crippen LogP contribution is 2.25. The molecule has 0 fully saturated rings. The third kappa shape index (κ3) is 4.24. The van der Waals surface area contributed by atoms with E-state index in [2.05, 4.69) is 64.8 Å². The van der Waals surface area contributed by atoms with E-state index >= 15 is 0 Å². The standard InChI is InChI=1S/C23H26N2O/c1-2-7-19(8-3-1)15-22-16-20-9-4-5-10-21(20)18-25(22)13-12-24-17-23-11-6-14-26-23/h1-11,14,22,24H,12-13,15-18H2. The highest BCUT2D eigenvalue weighted by molar-refractivity contribution is 5.31. The molecule has 0 radical (unpaired) electrons. The number of rotatable bonds is 7. The van der Waals surface area contributed by atoms with Crippen molar-refractivity contribution in [2.45, 2.75) is 32.0 Å². The first-order chi connectivity index (χ1) is 12.9. The van der Waals surface area contributed by atoms with Gasteiger partial charge < -0.3 is 9.73 Å². The van der Waals surface area contributed by atoms with Crippen LogP contribution in [0.1, 0.15) is 22.5 Å². The predicted octanol–water partition coefficient (Wildman–Crippen LogP) is 4.04. The van der Waals surface area contributed by atoms with Crippen LogP contribution in [0.2, 0.25) is 0 Å². The summed E-state index contributed by atoms with van der Waals surface area (Å²) < 4.78 is 5.40. The van der Waals surface area contributed by atoms with Crippen molar-refractivity contribution in [2.75, 3.05) is 13.1 Å². The Kier molecular flexibility index (Phi) is 5.48. The molecule has 0 spiro atoms. The van der Waals surface area contributed by atoms with Crippen molar-refractivity contribution in [3.8, 4) is 0 Å². The van der Waals surface area contributed by atoms with Gasteiger partial charge in [0, 0.05) is 25.7 Å². The lowest BCUT2D eigenvalue weighted by Gasteiger charge is -2.37. The lowest BCUT2D eigenvalue weighted by atomic mass is 9.90. The third-order valence-electron chi connectivity index (χ3n) is 5.23. The molecule has 1 unspecified atom stereocenters. The molecule has 134 valence electrons. The van der Waals surface area contributed by atoms with E-state index < -0.39 is 0 Å². The summed E-state index contributed by atoms with van der Waals surface area (Å²) in [5, 5.41) is 3.51. The number of hydrogen-bond donors (Lipinski definition) is 1.